The number of rotatable bonds is 2. The number of para-hydroxylation sites is 2. The zero-order valence-electron chi connectivity index (χ0n) is 20.9. The predicted molar refractivity (Wildman–Crippen MR) is 166 cm³/mol. The molecule has 3 heteroatoms. The summed E-state index contributed by atoms with van der Waals surface area (Å²) in [6.07, 6.45) is 0. The summed E-state index contributed by atoms with van der Waals surface area (Å²) in [4.78, 5) is 0. The Bertz CT molecular complexity index is 2380. The van der Waals surface area contributed by atoms with Crippen molar-refractivity contribution in [2.24, 2.45) is 0 Å². The van der Waals surface area contributed by atoms with Crippen LogP contribution >= 0.6 is 11.3 Å². The van der Waals surface area contributed by atoms with Crippen molar-refractivity contribution < 1.29 is 4.42 Å². The first-order valence-electron chi connectivity index (χ1n) is 13.2. The maximum atomic E-state index is 6.24. The Hall–Kier alpha value is -4.86. The van der Waals surface area contributed by atoms with E-state index in [0.717, 1.165) is 22.2 Å². The molecule has 0 N–H and O–H groups in total. The second kappa shape index (κ2) is 7.83. The molecule has 0 aliphatic carbocycles. The minimum absolute atomic E-state index is 0.927. The standard InChI is InChI=1S/C36H21NOS/c1-4-13-29-27(9-1)34-30(20-21-32-35(34)28-10-2-5-14-31(28)38-32)37(29)23-18-16-22(17-19-23)24-11-7-12-26-25-8-3-6-15-33(25)39-36(24)26/h1-21H. The number of benzene rings is 6. The van der Waals surface area contributed by atoms with Crippen molar-refractivity contribution in [2.45, 2.75) is 0 Å². The number of thiophene rings is 1. The second-order valence-corrected chi connectivity index (χ2v) is 11.2. The van der Waals surface area contributed by atoms with E-state index in [0.29, 0.717) is 0 Å². The van der Waals surface area contributed by atoms with E-state index in [-0.39, 0.29) is 0 Å². The van der Waals surface area contributed by atoms with E-state index in [4.69, 9.17) is 4.42 Å². The fraction of sp³-hybridized carbons (Fsp3) is 0. The van der Waals surface area contributed by atoms with Crippen LogP contribution in [-0.2, 0) is 0 Å². The van der Waals surface area contributed by atoms with Crippen molar-refractivity contribution >= 4 is 75.3 Å². The molecule has 9 aromatic rings. The van der Waals surface area contributed by atoms with Gasteiger partial charge in [0.15, 0.2) is 0 Å². The Kier molecular flexibility index (Phi) is 4.24. The van der Waals surface area contributed by atoms with Crippen molar-refractivity contribution in [3.8, 4) is 16.8 Å². The number of furan rings is 1. The largest absolute Gasteiger partial charge is 0.456 e. The minimum atomic E-state index is 0.927. The van der Waals surface area contributed by atoms with E-state index in [1.165, 1.54) is 58.5 Å². The lowest BCUT2D eigenvalue weighted by atomic mass is 10.0. The second-order valence-electron chi connectivity index (χ2n) is 10.1. The van der Waals surface area contributed by atoms with Crippen LogP contribution < -0.4 is 0 Å². The SMILES string of the molecule is c1ccc2c(c1)oc1ccc3c(c4ccccc4n3-c3ccc(-c4cccc5c4sc4ccccc45)cc3)c12. The van der Waals surface area contributed by atoms with Gasteiger partial charge in [-0.15, -0.1) is 11.3 Å². The van der Waals surface area contributed by atoms with Gasteiger partial charge >= 0.3 is 0 Å². The van der Waals surface area contributed by atoms with Gasteiger partial charge in [0.05, 0.1) is 11.0 Å². The van der Waals surface area contributed by atoms with Crippen LogP contribution in [-0.4, -0.2) is 4.57 Å². The summed E-state index contributed by atoms with van der Waals surface area (Å²) >= 11 is 1.88. The van der Waals surface area contributed by atoms with Crippen molar-refractivity contribution in [2.75, 3.05) is 0 Å². The molecule has 0 radical (unpaired) electrons. The van der Waals surface area contributed by atoms with Gasteiger partial charge in [0.25, 0.3) is 0 Å². The first-order chi connectivity index (χ1) is 19.3. The van der Waals surface area contributed by atoms with Gasteiger partial charge in [-0.3, -0.25) is 0 Å². The van der Waals surface area contributed by atoms with Crippen LogP contribution in [0.15, 0.2) is 132 Å². The molecule has 9 rings (SSSR count). The molecule has 2 nitrogen and oxygen atoms in total. The summed E-state index contributed by atoms with van der Waals surface area (Å²) in [5.41, 5.74) is 7.92. The topological polar surface area (TPSA) is 18.1 Å². The molecular formula is C36H21NOS. The number of nitrogens with zero attached hydrogens (tertiary/aromatic N) is 1. The molecule has 0 saturated carbocycles. The van der Waals surface area contributed by atoms with Gasteiger partial charge in [-0.2, -0.15) is 0 Å². The van der Waals surface area contributed by atoms with E-state index in [9.17, 15) is 0 Å². The molecule has 0 spiro atoms. The van der Waals surface area contributed by atoms with Gasteiger partial charge < -0.3 is 8.98 Å². The normalized spacial score (nSPS) is 12.1. The molecule has 39 heavy (non-hydrogen) atoms. The molecule has 0 saturated heterocycles. The molecule has 3 heterocycles. The Morgan fingerprint density at radius 2 is 1.23 bits per heavy atom. The third-order valence-electron chi connectivity index (χ3n) is 8.02. The fourth-order valence-corrected chi connectivity index (χ4v) is 7.56. The maximum absolute atomic E-state index is 6.24. The van der Waals surface area contributed by atoms with Crippen LogP contribution in [0.2, 0.25) is 0 Å². The molecule has 3 aromatic heterocycles. The van der Waals surface area contributed by atoms with Crippen LogP contribution in [0.1, 0.15) is 0 Å². The monoisotopic (exact) mass is 515 g/mol. The van der Waals surface area contributed by atoms with Crippen LogP contribution in [0.4, 0.5) is 0 Å². The molecule has 182 valence electrons. The molecule has 6 aromatic carbocycles. The van der Waals surface area contributed by atoms with Gasteiger partial charge in [-0.05, 0) is 53.6 Å². The Balaban J connectivity index is 1.28. The fourth-order valence-electron chi connectivity index (χ4n) is 6.32. The zero-order chi connectivity index (χ0) is 25.5. The van der Waals surface area contributed by atoms with Crippen molar-refractivity contribution in [1.29, 1.82) is 0 Å². The molecule has 0 amide bonds. The summed E-state index contributed by atoms with van der Waals surface area (Å²) in [5, 5.41) is 7.49. The van der Waals surface area contributed by atoms with Gasteiger partial charge in [-0.25, -0.2) is 0 Å². The summed E-state index contributed by atoms with van der Waals surface area (Å²) in [5.74, 6) is 0. The third-order valence-corrected chi connectivity index (χ3v) is 9.24. The highest BCUT2D eigenvalue weighted by molar-refractivity contribution is 7.26. The number of fused-ring (bicyclic) bond motifs is 10. The highest BCUT2D eigenvalue weighted by Gasteiger charge is 2.18. The first-order valence-corrected chi connectivity index (χ1v) is 14.0. The average Bonchev–Trinajstić information content (AvgIpc) is 3.66. The van der Waals surface area contributed by atoms with Crippen molar-refractivity contribution in [3.63, 3.8) is 0 Å². The van der Waals surface area contributed by atoms with Gasteiger partial charge in [-0.1, -0.05) is 84.9 Å². The Morgan fingerprint density at radius 1 is 0.487 bits per heavy atom. The van der Waals surface area contributed by atoms with E-state index in [2.05, 4.69) is 126 Å². The Morgan fingerprint density at radius 3 is 2.13 bits per heavy atom. The lowest BCUT2D eigenvalue weighted by molar-refractivity contribution is 0.669. The maximum Gasteiger partial charge on any atom is 0.136 e. The zero-order valence-corrected chi connectivity index (χ0v) is 21.7. The first kappa shape index (κ1) is 21.1. The number of hydrogen-bond acceptors (Lipinski definition) is 2. The molecular weight excluding hydrogens is 494 g/mol. The molecule has 0 unspecified atom stereocenters. The molecule has 0 aliphatic rings. The van der Waals surface area contributed by atoms with E-state index < -0.39 is 0 Å². The van der Waals surface area contributed by atoms with Crippen molar-refractivity contribution in [3.05, 3.63) is 127 Å². The average molecular weight is 516 g/mol. The van der Waals surface area contributed by atoms with Crippen LogP contribution in [0.5, 0.6) is 0 Å². The van der Waals surface area contributed by atoms with E-state index in [1.54, 1.807) is 0 Å². The highest BCUT2D eigenvalue weighted by atomic mass is 32.1. The predicted octanol–water partition coefficient (Wildman–Crippen LogP) is 10.7. The van der Waals surface area contributed by atoms with Crippen LogP contribution in [0, 0.1) is 0 Å². The molecule has 0 fully saturated rings. The molecule has 0 bridgehead atoms. The Labute approximate surface area is 227 Å². The quantitative estimate of drug-likeness (QED) is 0.224. The highest BCUT2D eigenvalue weighted by Crippen LogP contribution is 2.42. The molecule has 0 aliphatic heterocycles. The summed E-state index contributed by atoms with van der Waals surface area (Å²) in [7, 11) is 0. The van der Waals surface area contributed by atoms with Crippen LogP contribution in [0.25, 0.3) is 80.7 Å². The summed E-state index contributed by atoms with van der Waals surface area (Å²) in [6.45, 7) is 0. The van der Waals surface area contributed by atoms with Gasteiger partial charge in [0.1, 0.15) is 11.2 Å². The lowest BCUT2D eigenvalue weighted by Gasteiger charge is -2.10. The minimum Gasteiger partial charge on any atom is -0.456 e. The number of hydrogen-bond donors (Lipinski definition) is 0. The summed E-state index contributed by atoms with van der Waals surface area (Å²) in [6, 6.07) is 45.7. The summed E-state index contributed by atoms with van der Waals surface area (Å²) < 4.78 is 11.3. The van der Waals surface area contributed by atoms with Crippen molar-refractivity contribution in [1.82, 2.24) is 4.57 Å². The van der Waals surface area contributed by atoms with E-state index >= 15 is 0 Å². The third kappa shape index (κ3) is 2.91. The van der Waals surface area contributed by atoms with E-state index in [1.807, 2.05) is 17.4 Å². The number of aromatic nitrogens is 1. The van der Waals surface area contributed by atoms with Crippen LogP contribution in [0.3, 0.4) is 0 Å². The molecule has 0 atom stereocenters. The van der Waals surface area contributed by atoms with Gasteiger partial charge in [0, 0.05) is 47.4 Å². The van der Waals surface area contributed by atoms with Gasteiger partial charge in [0.2, 0.25) is 0 Å². The smallest absolute Gasteiger partial charge is 0.136 e. The lowest BCUT2D eigenvalue weighted by Crippen LogP contribution is -1.93.